The summed E-state index contributed by atoms with van der Waals surface area (Å²) in [7, 11) is -0.921. The van der Waals surface area contributed by atoms with Gasteiger partial charge in [-0.05, 0) is 42.8 Å². The van der Waals surface area contributed by atoms with Crippen LogP contribution in [0.25, 0.3) is 0 Å². The van der Waals surface area contributed by atoms with Crippen LogP contribution in [0.2, 0.25) is 5.02 Å². The van der Waals surface area contributed by atoms with Gasteiger partial charge in [0, 0.05) is 24.3 Å². The van der Waals surface area contributed by atoms with Crippen molar-refractivity contribution in [3.8, 4) is 5.75 Å². The van der Waals surface area contributed by atoms with Gasteiger partial charge in [0.2, 0.25) is 0 Å². The fourth-order valence-electron chi connectivity index (χ4n) is 2.62. The van der Waals surface area contributed by atoms with Crippen LogP contribution in [0.4, 0.5) is 11.4 Å². The highest BCUT2D eigenvalue weighted by molar-refractivity contribution is 7.92. The van der Waals surface area contributed by atoms with Crippen LogP contribution in [0, 0.1) is 0 Å². The molecule has 2 aromatic carbocycles. The van der Waals surface area contributed by atoms with Crippen LogP contribution in [-0.4, -0.2) is 40.2 Å². The number of rotatable bonds is 9. The van der Waals surface area contributed by atoms with Gasteiger partial charge in [-0.25, -0.2) is 13.2 Å². The zero-order valence-electron chi connectivity index (χ0n) is 15.9. The van der Waals surface area contributed by atoms with Crippen LogP contribution in [0.5, 0.6) is 5.75 Å². The summed E-state index contributed by atoms with van der Waals surface area (Å²) >= 11 is 5.91. The quantitative estimate of drug-likeness (QED) is 0.627. The molecule has 2 rings (SSSR count). The van der Waals surface area contributed by atoms with E-state index in [-0.39, 0.29) is 26.9 Å². The van der Waals surface area contributed by atoms with Crippen molar-refractivity contribution in [2.45, 2.75) is 24.7 Å². The first-order valence-electron chi connectivity index (χ1n) is 8.64. The molecular formula is C19H23ClN2O5S. The summed E-state index contributed by atoms with van der Waals surface area (Å²) in [6, 6.07) is 8.75. The molecule has 0 heterocycles. The lowest BCUT2D eigenvalue weighted by molar-refractivity contribution is 0.0698. The average Bonchev–Trinajstić information content (AvgIpc) is 2.65. The first-order valence-corrected chi connectivity index (χ1v) is 10.5. The fraction of sp³-hybridized carbons (Fsp3) is 0.316. The Labute approximate surface area is 169 Å². The van der Waals surface area contributed by atoms with Gasteiger partial charge in [-0.2, -0.15) is 0 Å². The van der Waals surface area contributed by atoms with Gasteiger partial charge in [-0.1, -0.05) is 24.9 Å². The Morgan fingerprint density at radius 3 is 2.57 bits per heavy atom. The number of anilines is 2. The lowest BCUT2D eigenvalue weighted by Crippen LogP contribution is -2.20. The summed E-state index contributed by atoms with van der Waals surface area (Å²) in [6.07, 6.45) is 1.97. The molecule has 0 aliphatic rings. The second-order valence-corrected chi connectivity index (χ2v) is 8.30. The molecule has 0 aliphatic heterocycles. The molecule has 0 aromatic heterocycles. The summed E-state index contributed by atoms with van der Waals surface area (Å²) in [5, 5.41) is 9.78. The Kier molecular flexibility index (Phi) is 7.15. The number of unbranched alkanes of at least 4 members (excludes halogenated alkanes) is 1. The van der Waals surface area contributed by atoms with Gasteiger partial charge < -0.3 is 14.7 Å². The molecule has 28 heavy (non-hydrogen) atoms. The minimum atomic E-state index is -4.12. The van der Waals surface area contributed by atoms with Crippen LogP contribution >= 0.6 is 11.6 Å². The third-order valence-electron chi connectivity index (χ3n) is 4.18. The lowest BCUT2D eigenvalue weighted by atomic mass is 10.1. The second kappa shape index (κ2) is 9.16. The minimum absolute atomic E-state index is 0.0397. The molecule has 2 N–H and O–H groups in total. The number of ether oxygens (including phenoxy) is 1. The van der Waals surface area contributed by atoms with Gasteiger partial charge in [0.05, 0.1) is 18.4 Å². The third kappa shape index (κ3) is 5.08. The number of nitrogens with zero attached hydrogens (tertiary/aromatic N) is 1. The maximum absolute atomic E-state index is 12.8. The van der Waals surface area contributed by atoms with Crippen molar-refractivity contribution in [1.29, 1.82) is 0 Å². The van der Waals surface area contributed by atoms with E-state index < -0.39 is 16.0 Å². The number of hydrogen-bond acceptors (Lipinski definition) is 5. The lowest BCUT2D eigenvalue weighted by Gasteiger charge is -2.20. The molecule has 0 aliphatic carbocycles. The number of carboxylic acid groups (broad SMARTS) is 1. The molecule has 2 aromatic rings. The normalized spacial score (nSPS) is 11.1. The molecule has 0 unspecified atom stereocenters. The van der Waals surface area contributed by atoms with Crippen LogP contribution in [0.15, 0.2) is 41.3 Å². The summed E-state index contributed by atoms with van der Waals surface area (Å²) in [5.74, 6) is -1.13. The van der Waals surface area contributed by atoms with Crippen LogP contribution in [0.1, 0.15) is 30.1 Å². The Morgan fingerprint density at radius 1 is 1.25 bits per heavy atom. The molecule has 0 amide bonds. The van der Waals surface area contributed by atoms with Crippen molar-refractivity contribution in [3.05, 3.63) is 47.0 Å². The highest BCUT2D eigenvalue weighted by atomic mass is 35.5. The SMILES string of the molecule is CCCCN(C)c1ccc(NS(=O)(=O)c2cc(Cl)ccc2OC)c(C(=O)O)c1. The number of sulfonamides is 1. The van der Waals surface area contributed by atoms with E-state index in [0.717, 1.165) is 19.4 Å². The number of hydrogen-bond donors (Lipinski definition) is 2. The van der Waals surface area contributed by atoms with Crippen molar-refractivity contribution >= 4 is 39.0 Å². The van der Waals surface area contributed by atoms with Gasteiger partial charge in [-0.3, -0.25) is 4.72 Å². The molecule has 0 atom stereocenters. The van der Waals surface area contributed by atoms with Gasteiger partial charge in [0.1, 0.15) is 10.6 Å². The fourth-order valence-corrected chi connectivity index (χ4v) is 4.13. The molecule has 0 saturated carbocycles. The zero-order valence-corrected chi connectivity index (χ0v) is 17.5. The molecule has 0 radical (unpaired) electrons. The smallest absolute Gasteiger partial charge is 0.337 e. The van der Waals surface area contributed by atoms with E-state index >= 15 is 0 Å². The molecule has 0 bridgehead atoms. The topological polar surface area (TPSA) is 95.9 Å². The Bertz CT molecular complexity index is 963. The summed E-state index contributed by atoms with van der Waals surface area (Å²) in [5.41, 5.74) is 0.502. The third-order valence-corrected chi connectivity index (χ3v) is 5.80. The summed E-state index contributed by atoms with van der Waals surface area (Å²) in [4.78, 5) is 13.5. The van der Waals surface area contributed by atoms with Crippen molar-refractivity contribution < 1.29 is 23.1 Å². The van der Waals surface area contributed by atoms with Gasteiger partial charge in [0.25, 0.3) is 10.0 Å². The molecule has 0 saturated heterocycles. The predicted molar refractivity (Wildman–Crippen MR) is 110 cm³/mol. The van der Waals surface area contributed by atoms with Crippen molar-refractivity contribution in [1.82, 2.24) is 0 Å². The number of aromatic carboxylic acids is 1. The first kappa shape index (κ1) is 21.8. The van der Waals surface area contributed by atoms with Crippen molar-refractivity contribution in [3.63, 3.8) is 0 Å². The van der Waals surface area contributed by atoms with Crippen molar-refractivity contribution in [2.24, 2.45) is 0 Å². The number of benzene rings is 2. The van der Waals surface area contributed by atoms with Crippen molar-refractivity contribution in [2.75, 3.05) is 30.3 Å². The number of carboxylic acids is 1. The number of methoxy groups -OCH3 is 1. The molecule has 9 heteroatoms. The summed E-state index contributed by atoms with van der Waals surface area (Å²) < 4.78 is 33.1. The molecule has 152 valence electrons. The highest BCUT2D eigenvalue weighted by Gasteiger charge is 2.23. The van der Waals surface area contributed by atoms with Crippen LogP contribution < -0.4 is 14.4 Å². The average molecular weight is 427 g/mol. The predicted octanol–water partition coefficient (Wildman–Crippen LogP) is 4.08. The standard InChI is InChI=1S/C19H23ClN2O5S/c1-4-5-10-22(2)14-7-8-16(15(12-14)19(23)24)21-28(25,26)18-11-13(20)6-9-17(18)27-3/h6-9,11-12,21H,4-5,10H2,1-3H3,(H,23,24). The van der Waals surface area contributed by atoms with Gasteiger partial charge >= 0.3 is 5.97 Å². The number of halogens is 1. The van der Waals surface area contributed by atoms with E-state index in [2.05, 4.69) is 11.6 Å². The Balaban J connectivity index is 2.42. The second-order valence-electron chi connectivity index (χ2n) is 6.21. The van der Waals surface area contributed by atoms with Crippen LogP contribution in [0.3, 0.4) is 0 Å². The summed E-state index contributed by atoms with van der Waals surface area (Å²) in [6.45, 7) is 2.83. The zero-order chi connectivity index (χ0) is 20.9. The number of carbonyl (C=O) groups is 1. The first-order chi connectivity index (χ1) is 13.2. The molecule has 7 nitrogen and oxygen atoms in total. The maximum Gasteiger partial charge on any atom is 0.337 e. The molecule has 0 fully saturated rings. The minimum Gasteiger partial charge on any atom is -0.495 e. The van der Waals surface area contributed by atoms with E-state index in [4.69, 9.17) is 16.3 Å². The van der Waals surface area contributed by atoms with E-state index in [1.165, 1.54) is 37.4 Å². The van der Waals surface area contributed by atoms with Gasteiger partial charge in [0.15, 0.2) is 0 Å². The Morgan fingerprint density at radius 2 is 1.96 bits per heavy atom. The monoisotopic (exact) mass is 426 g/mol. The van der Waals surface area contributed by atoms with E-state index in [0.29, 0.717) is 5.69 Å². The van der Waals surface area contributed by atoms with Crippen LogP contribution in [-0.2, 0) is 10.0 Å². The van der Waals surface area contributed by atoms with E-state index in [9.17, 15) is 18.3 Å². The van der Waals surface area contributed by atoms with E-state index in [1.807, 2.05) is 11.9 Å². The largest absolute Gasteiger partial charge is 0.495 e. The Hall–Kier alpha value is -2.45. The van der Waals surface area contributed by atoms with Gasteiger partial charge in [-0.15, -0.1) is 0 Å². The number of nitrogens with one attached hydrogen (secondary N) is 1. The van der Waals surface area contributed by atoms with E-state index in [1.54, 1.807) is 6.07 Å². The molecular weight excluding hydrogens is 404 g/mol. The highest BCUT2D eigenvalue weighted by Crippen LogP contribution is 2.30. The maximum atomic E-state index is 12.8. The molecule has 0 spiro atoms.